The first-order valence-electron chi connectivity index (χ1n) is 15.8. The van der Waals surface area contributed by atoms with Crippen LogP contribution in [0.3, 0.4) is 0 Å². The van der Waals surface area contributed by atoms with Gasteiger partial charge in [-0.05, 0) is 97.6 Å². The average molecular weight is 653 g/mol. The zero-order valence-electron chi connectivity index (χ0n) is 28.1. The van der Waals surface area contributed by atoms with Crippen molar-refractivity contribution < 1.29 is 38.0 Å². The number of hydrogen-bond donors (Lipinski definition) is 0. The summed E-state index contributed by atoms with van der Waals surface area (Å²) in [5.74, 6) is 4.16. The van der Waals surface area contributed by atoms with Gasteiger partial charge < -0.3 is 33.3 Å². The number of rotatable bonds is 11. The highest BCUT2D eigenvalue weighted by Crippen LogP contribution is 2.51. The normalized spacial score (nSPS) is 15.7. The Morgan fingerprint density at radius 3 is 2.08 bits per heavy atom. The molecule has 6 rings (SSSR count). The van der Waals surface area contributed by atoms with Crippen LogP contribution in [0.15, 0.2) is 60.7 Å². The maximum absolute atomic E-state index is 13.1. The standard InChI is InChI=1S/C38H40N2O8/c1-39-15-14-26-20-34(45-5)36(46-6)37(48-33-21-28-25(19-31(33)44-4)13-16-40(2)38(28)42)35(26)29(39)17-24-9-12-30(43-3)32(18-24)47-27-10-7-23(22-41)8-11-27/h7-12,18-22,29H,13-17H2,1-6H3/t29-/m0/s1. The maximum atomic E-state index is 13.1. The van der Waals surface area contributed by atoms with Gasteiger partial charge in [-0.1, -0.05) is 6.07 Å². The van der Waals surface area contributed by atoms with E-state index in [2.05, 4.69) is 11.9 Å². The molecule has 0 aromatic heterocycles. The molecule has 48 heavy (non-hydrogen) atoms. The van der Waals surface area contributed by atoms with Crippen LogP contribution >= 0.6 is 0 Å². The van der Waals surface area contributed by atoms with Crippen LogP contribution in [-0.2, 0) is 19.3 Å². The number of fused-ring (bicyclic) bond motifs is 2. The minimum atomic E-state index is -0.118. The first kappa shape index (κ1) is 32.7. The van der Waals surface area contributed by atoms with Crippen molar-refractivity contribution in [2.45, 2.75) is 25.3 Å². The molecule has 2 aliphatic rings. The number of nitrogens with zero attached hydrogens (tertiary/aromatic N) is 2. The second-order valence-corrected chi connectivity index (χ2v) is 12.0. The lowest BCUT2D eigenvalue weighted by Crippen LogP contribution is -2.34. The van der Waals surface area contributed by atoms with Crippen LogP contribution in [0.5, 0.6) is 46.0 Å². The summed E-state index contributed by atoms with van der Waals surface area (Å²) >= 11 is 0. The van der Waals surface area contributed by atoms with Crippen molar-refractivity contribution >= 4 is 12.2 Å². The summed E-state index contributed by atoms with van der Waals surface area (Å²) in [6.07, 6.45) is 2.92. The van der Waals surface area contributed by atoms with E-state index in [9.17, 15) is 9.59 Å². The quantitative estimate of drug-likeness (QED) is 0.168. The molecule has 4 aromatic carbocycles. The van der Waals surface area contributed by atoms with Gasteiger partial charge in [-0.2, -0.15) is 0 Å². The third kappa shape index (κ3) is 6.23. The fraction of sp³-hybridized carbons (Fsp3) is 0.316. The Hall–Kier alpha value is -5.22. The summed E-state index contributed by atoms with van der Waals surface area (Å²) in [6, 6.07) is 18.4. The fourth-order valence-electron chi connectivity index (χ4n) is 6.48. The molecular weight excluding hydrogens is 612 g/mol. The highest BCUT2D eigenvalue weighted by molar-refractivity contribution is 5.97. The van der Waals surface area contributed by atoms with E-state index >= 15 is 0 Å². The molecule has 0 unspecified atom stereocenters. The molecule has 10 heteroatoms. The van der Waals surface area contributed by atoms with Crippen LogP contribution in [0.2, 0.25) is 0 Å². The lowest BCUT2D eigenvalue weighted by molar-refractivity contribution is 0.0780. The van der Waals surface area contributed by atoms with Crippen LogP contribution in [0.1, 0.15) is 49.0 Å². The predicted molar refractivity (Wildman–Crippen MR) is 181 cm³/mol. The SMILES string of the molecule is COc1ccc(C[C@H]2c3c(cc(OC)c(OC)c3Oc3cc4c(cc3OC)CCN(C)C4=O)CCN2C)cc1Oc1ccc(C=O)cc1. The predicted octanol–water partition coefficient (Wildman–Crippen LogP) is 6.52. The first-order chi connectivity index (χ1) is 23.3. The zero-order chi connectivity index (χ0) is 33.9. The van der Waals surface area contributed by atoms with Gasteiger partial charge in [0.25, 0.3) is 5.91 Å². The molecule has 2 aliphatic heterocycles. The van der Waals surface area contributed by atoms with Crippen LogP contribution in [0, 0.1) is 0 Å². The molecule has 1 atom stereocenters. The van der Waals surface area contributed by atoms with Gasteiger partial charge in [-0.3, -0.25) is 14.5 Å². The Labute approximate surface area is 280 Å². The highest BCUT2D eigenvalue weighted by Gasteiger charge is 2.34. The number of likely N-dealkylation sites (N-methyl/N-ethyl adjacent to an activating group) is 2. The minimum absolute atomic E-state index is 0.0572. The van der Waals surface area contributed by atoms with Gasteiger partial charge in [0.05, 0.1) is 28.4 Å². The fourth-order valence-corrected chi connectivity index (χ4v) is 6.48. The molecule has 0 N–H and O–H groups in total. The van der Waals surface area contributed by atoms with Gasteiger partial charge in [0.15, 0.2) is 34.5 Å². The van der Waals surface area contributed by atoms with E-state index in [4.69, 9.17) is 28.4 Å². The Morgan fingerprint density at radius 1 is 0.708 bits per heavy atom. The van der Waals surface area contributed by atoms with Gasteiger partial charge in [-0.15, -0.1) is 0 Å². The second-order valence-electron chi connectivity index (χ2n) is 12.0. The van der Waals surface area contributed by atoms with Crippen molar-refractivity contribution in [3.8, 4) is 46.0 Å². The first-order valence-corrected chi connectivity index (χ1v) is 15.8. The monoisotopic (exact) mass is 652 g/mol. The smallest absolute Gasteiger partial charge is 0.254 e. The molecular formula is C38H40N2O8. The maximum Gasteiger partial charge on any atom is 0.254 e. The molecule has 10 nitrogen and oxygen atoms in total. The number of carbonyl (C=O) groups is 2. The van der Waals surface area contributed by atoms with E-state index in [-0.39, 0.29) is 11.9 Å². The number of hydrogen-bond acceptors (Lipinski definition) is 9. The number of benzene rings is 4. The molecule has 0 spiro atoms. The number of methoxy groups -OCH3 is 4. The Morgan fingerprint density at radius 2 is 1.40 bits per heavy atom. The van der Waals surface area contributed by atoms with Crippen LogP contribution in [-0.4, -0.2) is 77.6 Å². The van der Waals surface area contributed by atoms with Gasteiger partial charge in [0.2, 0.25) is 5.75 Å². The van der Waals surface area contributed by atoms with Crippen LogP contribution in [0.25, 0.3) is 0 Å². The Bertz CT molecular complexity index is 1840. The van der Waals surface area contributed by atoms with Crippen molar-refractivity contribution in [3.63, 3.8) is 0 Å². The van der Waals surface area contributed by atoms with E-state index in [0.29, 0.717) is 70.1 Å². The van der Waals surface area contributed by atoms with E-state index in [1.807, 2.05) is 30.3 Å². The molecule has 250 valence electrons. The molecule has 0 bridgehead atoms. The summed E-state index contributed by atoms with van der Waals surface area (Å²) in [6.45, 7) is 1.46. The summed E-state index contributed by atoms with van der Waals surface area (Å²) in [5.41, 5.74) is 5.15. The lowest BCUT2D eigenvalue weighted by atomic mass is 9.87. The van der Waals surface area contributed by atoms with Crippen molar-refractivity contribution in [1.82, 2.24) is 9.80 Å². The summed E-state index contributed by atoms with van der Waals surface area (Å²) in [4.78, 5) is 28.3. The van der Waals surface area contributed by atoms with E-state index < -0.39 is 0 Å². The van der Waals surface area contributed by atoms with Crippen LogP contribution < -0.4 is 28.4 Å². The summed E-state index contributed by atoms with van der Waals surface area (Å²) in [7, 11) is 10.3. The van der Waals surface area contributed by atoms with Gasteiger partial charge >= 0.3 is 0 Å². The number of ether oxygens (including phenoxy) is 6. The highest BCUT2D eigenvalue weighted by atomic mass is 16.5. The molecule has 2 heterocycles. The van der Waals surface area contributed by atoms with E-state index in [1.165, 1.54) is 0 Å². The van der Waals surface area contributed by atoms with Gasteiger partial charge in [0, 0.05) is 42.9 Å². The van der Waals surface area contributed by atoms with Crippen LogP contribution in [0.4, 0.5) is 0 Å². The molecule has 1 amide bonds. The third-order valence-electron chi connectivity index (χ3n) is 9.15. The molecule has 0 aliphatic carbocycles. The Kier molecular flexibility index (Phi) is 9.45. The van der Waals surface area contributed by atoms with Crippen molar-refractivity contribution in [2.75, 3.05) is 55.6 Å². The van der Waals surface area contributed by atoms with Crippen molar-refractivity contribution in [2.24, 2.45) is 0 Å². The van der Waals surface area contributed by atoms with E-state index in [0.717, 1.165) is 47.9 Å². The number of amides is 1. The molecule has 0 radical (unpaired) electrons. The van der Waals surface area contributed by atoms with Gasteiger partial charge in [-0.25, -0.2) is 0 Å². The number of carbonyl (C=O) groups excluding carboxylic acids is 2. The zero-order valence-corrected chi connectivity index (χ0v) is 28.1. The molecule has 0 saturated heterocycles. The van der Waals surface area contributed by atoms with Crippen molar-refractivity contribution in [3.05, 3.63) is 94.0 Å². The number of aldehydes is 1. The second kappa shape index (κ2) is 13.9. The van der Waals surface area contributed by atoms with Crippen molar-refractivity contribution in [1.29, 1.82) is 0 Å². The molecule has 4 aromatic rings. The summed E-state index contributed by atoms with van der Waals surface area (Å²) < 4.78 is 36.2. The topological polar surface area (TPSA) is 96.0 Å². The van der Waals surface area contributed by atoms with E-state index in [1.54, 1.807) is 70.7 Å². The lowest BCUT2D eigenvalue weighted by Gasteiger charge is -2.37. The van der Waals surface area contributed by atoms with Gasteiger partial charge in [0.1, 0.15) is 12.0 Å². The Balaban J connectivity index is 1.42. The minimum Gasteiger partial charge on any atom is -0.493 e. The summed E-state index contributed by atoms with van der Waals surface area (Å²) in [5, 5.41) is 0. The average Bonchev–Trinajstić information content (AvgIpc) is 3.11. The third-order valence-corrected chi connectivity index (χ3v) is 9.15. The molecule has 0 saturated carbocycles. The largest absolute Gasteiger partial charge is 0.493 e. The molecule has 0 fully saturated rings.